The van der Waals surface area contributed by atoms with Gasteiger partial charge >= 0.3 is 0 Å². The van der Waals surface area contributed by atoms with Crippen molar-refractivity contribution in [2.24, 2.45) is 10.7 Å². The highest BCUT2D eigenvalue weighted by atomic mass is 79.9. The van der Waals surface area contributed by atoms with Gasteiger partial charge in [-0.15, -0.1) is 4.99 Å². The van der Waals surface area contributed by atoms with E-state index < -0.39 is 5.82 Å². The Balaban J connectivity index is 3.15. The molecule has 0 aromatic heterocycles. The number of nitrogens with two attached hydrogens (primary N) is 1. The molecule has 8 heteroatoms. The average molecular weight is 313 g/mol. The second-order valence-electron chi connectivity index (χ2n) is 2.57. The van der Waals surface area contributed by atoms with Gasteiger partial charge in [0.15, 0.2) is 11.1 Å². The van der Waals surface area contributed by atoms with Crippen molar-refractivity contribution in [2.45, 2.75) is 0 Å². The van der Waals surface area contributed by atoms with Gasteiger partial charge in [0.1, 0.15) is 5.69 Å². The Morgan fingerprint density at radius 2 is 2.31 bits per heavy atom. The molecule has 0 unspecified atom stereocenters. The quantitative estimate of drug-likeness (QED) is 0.295. The van der Waals surface area contributed by atoms with E-state index >= 15 is 0 Å². The fraction of sp³-hybridized carbons (Fsp3) is 0.125. The molecule has 0 saturated heterocycles. The van der Waals surface area contributed by atoms with E-state index in [1.807, 2.05) is 0 Å². The summed E-state index contributed by atoms with van der Waals surface area (Å²) in [5.74, 6) is -0.611. The van der Waals surface area contributed by atoms with Crippen LogP contribution >= 0.6 is 27.5 Å². The molecule has 0 aliphatic carbocycles. The van der Waals surface area contributed by atoms with E-state index in [2.05, 4.69) is 36.3 Å². The highest BCUT2D eigenvalue weighted by Crippen LogP contribution is 2.32. The number of hydrogen-bond acceptors (Lipinski definition) is 4. The number of nitrogens with one attached hydrogen (secondary N) is 1. The summed E-state index contributed by atoms with van der Waals surface area (Å²) in [7, 11) is 1.29. The van der Waals surface area contributed by atoms with Gasteiger partial charge in [-0.3, -0.25) is 0 Å². The van der Waals surface area contributed by atoms with Crippen LogP contribution in [0, 0.1) is 5.82 Å². The van der Waals surface area contributed by atoms with E-state index in [1.165, 1.54) is 19.2 Å². The number of aliphatic imine (C=N–C) groups is 1. The molecule has 1 aromatic carbocycles. The van der Waals surface area contributed by atoms with Crippen molar-refractivity contribution >= 4 is 44.2 Å². The molecule has 3 N–H and O–H groups in total. The molecule has 0 saturated carbocycles. The zero-order valence-corrected chi connectivity index (χ0v) is 10.5. The maximum absolute atomic E-state index is 13.5. The minimum Gasteiger partial charge on any atom is -0.374 e. The second-order valence-corrected chi connectivity index (χ2v) is 3.87. The molecule has 0 radical (unpaired) electrons. The van der Waals surface area contributed by atoms with Crippen LogP contribution < -0.4 is 11.2 Å². The zero-order chi connectivity index (χ0) is 12.1. The van der Waals surface area contributed by atoms with Crippen molar-refractivity contribution in [2.75, 3.05) is 12.6 Å². The summed E-state index contributed by atoms with van der Waals surface area (Å²) in [6.45, 7) is 0. The topological polar surface area (TPSA) is 68.9 Å². The van der Waals surface area contributed by atoms with Crippen LogP contribution in [0.4, 0.5) is 15.8 Å². The number of rotatable bonds is 4. The van der Waals surface area contributed by atoms with Crippen LogP contribution in [0.5, 0.6) is 0 Å². The van der Waals surface area contributed by atoms with Crippen molar-refractivity contribution < 1.29 is 14.3 Å². The summed E-state index contributed by atoms with van der Waals surface area (Å²) in [5.41, 5.74) is 7.65. The summed E-state index contributed by atoms with van der Waals surface area (Å²) in [6, 6.07) is 2.75. The molecule has 0 atom stereocenters. The third-order valence-corrected chi connectivity index (χ3v) is 2.02. The normalized spacial score (nSPS) is 11.6. The van der Waals surface area contributed by atoms with Crippen LogP contribution in [0.15, 0.2) is 21.6 Å². The zero-order valence-electron chi connectivity index (χ0n) is 8.13. The Morgan fingerprint density at radius 3 is 2.88 bits per heavy atom. The minimum absolute atomic E-state index is 0.0762. The Kier molecular flexibility index (Phi) is 4.94. The first-order valence-electron chi connectivity index (χ1n) is 3.99. The van der Waals surface area contributed by atoms with Crippen LogP contribution in [0.25, 0.3) is 0 Å². The van der Waals surface area contributed by atoms with Gasteiger partial charge in [0.05, 0.1) is 12.8 Å². The van der Waals surface area contributed by atoms with E-state index in [0.29, 0.717) is 4.47 Å². The van der Waals surface area contributed by atoms with Gasteiger partial charge in [-0.1, -0.05) is 15.9 Å². The third kappa shape index (κ3) is 3.60. The second kappa shape index (κ2) is 6.00. The molecule has 0 spiro atoms. The summed E-state index contributed by atoms with van der Waals surface area (Å²) in [4.78, 5) is 12.4. The maximum Gasteiger partial charge on any atom is 0.193 e. The molecule has 1 aromatic rings. The lowest BCUT2D eigenvalue weighted by Gasteiger charge is -2.08. The van der Waals surface area contributed by atoms with Gasteiger partial charge in [-0.25, -0.2) is 19.8 Å². The van der Waals surface area contributed by atoms with Crippen molar-refractivity contribution in [3.8, 4) is 0 Å². The van der Waals surface area contributed by atoms with E-state index in [0.717, 1.165) is 0 Å². The van der Waals surface area contributed by atoms with E-state index in [9.17, 15) is 4.39 Å². The van der Waals surface area contributed by atoms with Gasteiger partial charge < -0.3 is 5.73 Å². The van der Waals surface area contributed by atoms with Crippen LogP contribution in [0.1, 0.15) is 0 Å². The lowest BCUT2D eigenvalue weighted by Crippen LogP contribution is -2.04. The molecule has 0 amide bonds. The number of amidine groups is 1. The Morgan fingerprint density at radius 1 is 1.62 bits per heavy atom. The molecule has 0 aliphatic rings. The Hall–Kier alpha value is -0.890. The first-order valence-corrected chi connectivity index (χ1v) is 5.16. The van der Waals surface area contributed by atoms with Gasteiger partial charge in [-0.05, 0) is 23.7 Å². The van der Waals surface area contributed by atoms with Crippen LogP contribution in [0.2, 0.25) is 0 Å². The summed E-state index contributed by atoms with van der Waals surface area (Å²) >= 11 is 8.50. The molecule has 0 aliphatic heterocycles. The summed E-state index contributed by atoms with van der Waals surface area (Å²) in [5, 5.41) is -0.290. The van der Waals surface area contributed by atoms with E-state index in [1.54, 1.807) is 0 Å². The minimum atomic E-state index is -0.611. The lowest BCUT2D eigenvalue weighted by molar-refractivity contribution is -0.248. The summed E-state index contributed by atoms with van der Waals surface area (Å²) in [6.07, 6.45) is 0. The molecule has 88 valence electrons. The fourth-order valence-corrected chi connectivity index (χ4v) is 1.47. The van der Waals surface area contributed by atoms with Crippen molar-refractivity contribution in [1.82, 2.24) is 0 Å². The van der Waals surface area contributed by atoms with Gasteiger partial charge in [0, 0.05) is 4.47 Å². The molecule has 16 heavy (non-hydrogen) atoms. The Labute approximate surface area is 104 Å². The Bertz CT molecular complexity index is 413. The number of halogens is 3. The number of benzene rings is 1. The predicted molar refractivity (Wildman–Crippen MR) is 63.0 cm³/mol. The van der Waals surface area contributed by atoms with Gasteiger partial charge in [-0.2, -0.15) is 0 Å². The standard InChI is InChI=1S/C8H8BrClFN3O2/c1-15-16-14-6-3-4(9)2-5(11)7(6)13-8(10)12/h2-3,14H,1H3,(H2,12,13). The number of nitrogens with zero attached hydrogens (tertiary/aromatic N) is 1. The average Bonchev–Trinajstić information content (AvgIpc) is 2.19. The van der Waals surface area contributed by atoms with E-state index in [4.69, 9.17) is 17.3 Å². The lowest BCUT2D eigenvalue weighted by atomic mass is 10.2. The van der Waals surface area contributed by atoms with Crippen molar-refractivity contribution in [1.29, 1.82) is 0 Å². The molecule has 5 nitrogen and oxygen atoms in total. The highest BCUT2D eigenvalue weighted by molar-refractivity contribution is 9.10. The molecule has 0 heterocycles. The van der Waals surface area contributed by atoms with Crippen LogP contribution in [-0.2, 0) is 9.88 Å². The highest BCUT2D eigenvalue weighted by Gasteiger charge is 2.10. The summed E-state index contributed by atoms with van der Waals surface area (Å²) < 4.78 is 14.0. The van der Waals surface area contributed by atoms with E-state index in [-0.39, 0.29) is 16.7 Å². The van der Waals surface area contributed by atoms with Crippen molar-refractivity contribution in [3.63, 3.8) is 0 Å². The smallest absolute Gasteiger partial charge is 0.193 e. The van der Waals surface area contributed by atoms with Crippen LogP contribution in [-0.4, -0.2) is 12.4 Å². The van der Waals surface area contributed by atoms with Crippen molar-refractivity contribution in [3.05, 3.63) is 22.4 Å². The molecule has 1 rings (SSSR count). The number of hydrogen-bond donors (Lipinski definition) is 2. The fourth-order valence-electron chi connectivity index (χ4n) is 0.951. The van der Waals surface area contributed by atoms with Gasteiger partial charge in [0.25, 0.3) is 0 Å². The van der Waals surface area contributed by atoms with Gasteiger partial charge in [0.2, 0.25) is 0 Å². The predicted octanol–water partition coefficient (Wildman–Crippen LogP) is 2.68. The first kappa shape index (κ1) is 13.2. The molecular weight excluding hydrogens is 304 g/mol. The molecule has 0 bridgehead atoms. The maximum atomic E-state index is 13.5. The van der Waals surface area contributed by atoms with Crippen LogP contribution in [0.3, 0.4) is 0 Å². The molecule has 0 fully saturated rings. The number of anilines is 1. The first-order chi connectivity index (χ1) is 7.54. The molecular formula is C8H8BrClFN3O2. The SMILES string of the molecule is COONc1cc(Br)cc(F)c1N=C(N)Cl. The third-order valence-electron chi connectivity index (χ3n) is 1.48. The monoisotopic (exact) mass is 311 g/mol. The largest absolute Gasteiger partial charge is 0.374 e.